The molecule has 21 heavy (non-hydrogen) atoms. The summed E-state index contributed by atoms with van der Waals surface area (Å²) in [5.74, 6) is -0.0898. The highest BCUT2D eigenvalue weighted by Gasteiger charge is 2.38. The van der Waals surface area contributed by atoms with Crippen LogP contribution in [0.15, 0.2) is 29.2 Å². The molecule has 0 aliphatic heterocycles. The third kappa shape index (κ3) is 3.61. The summed E-state index contributed by atoms with van der Waals surface area (Å²) in [5, 5.41) is 7.86. The van der Waals surface area contributed by atoms with Crippen molar-refractivity contribution in [1.29, 1.82) is 0 Å². The lowest BCUT2D eigenvalue weighted by atomic mass is 9.73. The number of benzene rings is 1. The van der Waals surface area contributed by atoms with Crippen molar-refractivity contribution < 1.29 is 13.2 Å². The number of carbonyl (C=O) groups is 1. The van der Waals surface area contributed by atoms with Crippen LogP contribution in [0.3, 0.4) is 0 Å². The number of nitrogens with one attached hydrogen (secondary N) is 1. The molecule has 0 bridgehead atoms. The van der Waals surface area contributed by atoms with E-state index in [0.29, 0.717) is 12.2 Å². The van der Waals surface area contributed by atoms with Crippen molar-refractivity contribution >= 4 is 21.6 Å². The van der Waals surface area contributed by atoms with Crippen LogP contribution in [0.25, 0.3) is 0 Å². The van der Waals surface area contributed by atoms with Gasteiger partial charge in [-0.1, -0.05) is 19.3 Å². The predicted molar refractivity (Wildman–Crippen MR) is 81.0 cm³/mol. The lowest BCUT2D eigenvalue weighted by Crippen LogP contribution is -2.43. The van der Waals surface area contributed by atoms with E-state index in [9.17, 15) is 13.2 Å². The maximum absolute atomic E-state index is 12.5. The molecule has 0 spiro atoms. The first-order valence-electron chi connectivity index (χ1n) is 7.02. The number of rotatable bonds is 4. The smallest absolute Gasteiger partial charge is 0.238 e. The third-order valence-electron chi connectivity index (χ3n) is 4.12. The second-order valence-electron chi connectivity index (χ2n) is 5.57. The number of amides is 1. The van der Waals surface area contributed by atoms with Gasteiger partial charge in [0.2, 0.25) is 15.9 Å². The van der Waals surface area contributed by atoms with E-state index < -0.39 is 15.4 Å². The molecule has 7 heteroatoms. The summed E-state index contributed by atoms with van der Waals surface area (Å²) < 4.78 is 22.4. The van der Waals surface area contributed by atoms with Crippen LogP contribution in [0.5, 0.6) is 0 Å². The Morgan fingerprint density at radius 3 is 2.19 bits per heavy atom. The highest BCUT2D eigenvalue weighted by molar-refractivity contribution is 7.89. The first kappa shape index (κ1) is 15.9. The van der Waals surface area contributed by atoms with Crippen LogP contribution in [0.4, 0.5) is 5.69 Å². The molecule has 1 aromatic rings. The van der Waals surface area contributed by atoms with Crippen LogP contribution in [0.1, 0.15) is 32.1 Å². The van der Waals surface area contributed by atoms with E-state index >= 15 is 0 Å². The van der Waals surface area contributed by atoms with E-state index in [1.165, 1.54) is 24.3 Å². The molecule has 1 aliphatic rings. The van der Waals surface area contributed by atoms with Gasteiger partial charge < -0.3 is 11.1 Å². The summed E-state index contributed by atoms with van der Waals surface area (Å²) in [6.45, 7) is 0.327. The molecule has 6 nitrogen and oxygen atoms in total. The SMILES string of the molecule is NCC1(C(=O)Nc2ccc(S(N)(=O)=O)cc2)CCCCC1. The monoisotopic (exact) mass is 311 g/mol. The average Bonchev–Trinajstić information content (AvgIpc) is 2.47. The number of anilines is 1. The summed E-state index contributed by atoms with van der Waals surface area (Å²) in [4.78, 5) is 12.5. The van der Waals surface area contributed by atoms with Crippen LogP contribution < -0.4 is 16.2 Å². The average molecular weight is 311 g/mol. The molecular formula is C14H21N3O3S. The number of carbonyl (C=O) groups excluding carboxylic acids is 1. The fourth-order valence-electron chi connectivity index (χ4n) is 2.74. The maximum Gasteiger partial charge on any atom is 0.238 e. The van der Waals surface area contributed by atoms with Gasteiger partial charge in [-0.15, -0.1) is 0 Å². The van der Waals surface area contributed by atoms with E-state index in [1.54, 1.807) is 0 Å². The summed E-state index contributed by atoms with van der Waals surface area (Å²) >= 11 is 0. The predicted octanol–water partition coefficient (Wildman–Crippen LogP) is 1.18. The lowest BCUT2D eigenvalue weighted by Gasteiger charge is -2.34. The molecule has 2 rings (SSSR count). The Balaban J connectivity index is 2.12. The van der Waals surface area contributed by atoms with Crippen LogP contribution in [0, 0.1) is 5.41 Å². The Labute approximate surface area is 124 Å². The topological polar surface area (TPSA) is 115 Å². The standard InChI is InChI=1S/C14H21N3O3S/c15-10-14(8-2-1-3-9-14)13(18)17-11-4-6-12(7-5-11)21(16,19)20/h4-7H,1-3,8-10,15H2,(H,17,18)(H2,16,19,20). The van der Waals surface area contributed by atoms with Gasteiger partial charge in [0, 0.05) is 12.2 Å². The van der Waals surface area contributed by atoms with Crippen molar-refractivity contribution in [2.75, 3.05) is 11.9 Å². The van der Waals surface area contributed by atoms with Crippen LogP contribution in [0.2, 0.25) is 0 Å². The molecule has 116 valence electrons. The summed E-state index contributed by atoms with van der Waals surface area (Å²) in [6.07, 6.45) is 4.75. The third-order valence-corrected chi connectivity index (χ3v) is 5.05. The van der Waals surface area contributed by atoms with Gasteiger partial charge >= 0.3 is 0 Å². The first-order chi connectivity index (χ1) is 9.87. The molecule has 0 unspecified atom stereocenters. The van der Waals surface area contributed by atoms with E-state index in [4.69, 9.17) is 10.9 Å². The van der Waals surface area contributed by atoms with Crippen molar-refractivity contribution in [3.8, 4) is 0 Å². The van der Waals surface area contributed by atoms with Crippen molar-refractivity contribution in [3.05, 3.63) is 24.3 Å². The minimum Gasteiger partial charge on any atom is -0.329 e. The fraction of sp³-hybridized carbons (Fsp3) is 0.500. The maximum atomic E-state index is 12.5. The Morgan fingerprint density at radius 2 is 1.71 bits per heavy atom. The van der Waals surface area contributed by atoms with Gasteiger partial charge in [0.25, 0.3) is 0 Å². The normalized spacial score (nSPS) is 18.2. The lowest BCUT2D eigenvalue weighted by molar-refractivity contribution is -0.126. The minimum atomic E-state index is -3.72. The summed E-state index contributed by atoms with van der Waals surface area (Å²) in [7, 11) is -3.72. The molecule has 0 radical (unpaired) electrons. The quantitative estimate of drug-likeness (QED) is 0.774. The van der Waals surface area contributed by atoms with Crippen molar-refractivity contribution in [3.63, 3.8) is 0 Å². The molecule has 0 aromatic heterocycles. The molecule has 1 aliphatic carbocycles. The van der Waals surface area contributed by atoms with Crippen molar-refractivity contribution in [2.45, 2.75) is 37.0 Å². The van der Waals surface area contributed by atoms with Crippen LogP contribution >= 0.6 is 0 Å². The Hall–Kier alpha value is -1.44. The molecule has 1 saturated carbocycles. The summed E-state index contributed by atoms with van der Waals surface area (Å²) in [5.41, 5.74) is 5.86. The minimum absolute atomic E-state index is 0.0201. The molecule has 1 aromatic carbocycles. The van der Waals surface area contributed by atoms with Gasteiger partial charge in [0.05, 0.1) is 10.3 Å². The molecule has 1 amide bonds. The van der Waals surface area contributed by atoms with Gasteiger partial charge in [0.15, 0.2) is 0 Å². The number of hydrogen-bond donors (Lipinski definition) is 3. The first-order valence-corrected chi connectivity index (χ1v) is 8.56. The highest BCUT2D eigenvalue weighted by Crippen LogP contribution is 2.36. The summed E-state index contributed by atoms with van der Waals surface area (Å²) in [6, 6.07) is 5.82. The largest absolute Gasteiger partial charge is 0.329 e. The Morgan fingerprint density at radius 1 is 1.14 bits per heavy atom. The fourth-order valence-corrected chi connectivity index (χ4v) is 3.26. The molecule has 0 saturated heterocycles. The molecule has 1 fully saturated rings. The van der Waals surface area contributed by atoms with Gasteiger partial charge in [-0.3, -0.25) is 4.79 Å². The van der Waals surface area contributed by atoms with Crippen LogP contribution in [-0.2, 0) is 14.8 Å². The van der Waals surface area contributed by atoms with E-state index in [0.717, 1.165) is 32.1 Å². The van der Waals surface area contributed by atoms with E-state index in [-0.39, 0.29) is 10.8 Å². The molecule has 0 atom stereocenters. The molecule has 5 N–H and O–H groups in total. The zero-order chi connectivity index (χ0) is 15.5. The Bertz CT molecular complexity index is 605. The van der Waals surface area contributed by atoms with Crippen molar-refractivity contribution in [1.82, 2.24) is 0 Å². The van der Waals surface area contributed by atoms with Gasteiger partial charge in [-0.2, -0.15) is 0 Å². The number of primary sulfonamides is 1. The number of hydrogen-bond acceptors (Lipinski definition) is 4. The zero-order valence-corrected chi connectivity index (χ0v) is 12.7. The highest BCUT2D eigenvalue weighted by atomic mass is 32.2. The van der Waals surface area contributed by atoms with E-state index in [1.807, 2.05) is 0 Å². The van der Waals surface area contributed by atoms with Gasteiger partial charge in [0.1, 0.15) is 0 Å². The Kier molecular flexibility index (Phi) is 4.65. The van der Waals surface area contributed by atoms with Gasteiger partial charge in [-0.25, -0.2) is 13.6 Å². The van der Waals surface area contributed by atoms with Crippen molar-refractivity contribution in [2.24, 2.45) is 16.3 Å². The second-order valence-corrected chi connectivity index (χ2v) is 7.13. The van der Waals surface area contributed by atoms with E-state index in [2.05, 4.69) is 5.32 Å². The second kappa shape index (κ2) is 6.13. The van der Waals surface area contributed by atoms with Gasteiger partial charge in [-0.05, 0) is 37.1 Å². The molecule has 0 heterocycles. The molecular weight excluding hydrogens is 290 g/mol. The zero-order valence-electron chi connectivity index (χ0n) is 11.8. The van der Waals surface area contributed by atoms with Crippen LogP contribution in [-0.4, -0.2) is 20.9 Å². The number of sulfonamides is 1. The number of nitrogens with two attached hydrogens (primary N) is 2.